The number of allylic oxidation sites excluding steroid dienone is 1. The Labute approximate surface area is 179 Å². The highest BCUT2D eigenvalue weighted by Gasteiger charge is 2.27. The number of thiophene rings is 2. The van der Waals surface area contributed by atoms with Crippen LogP contribution in [0.4, 0.5) is 4.79 Å². The van der Waals surface area contributed by atoms with Crippen LogP contribution in [0.15, 0.2) is 45.5 Å². The summed E-state index contributed by atoms with van der Waals surface area (Å²) in [5, 5.41) is 7.75. The third-order valence-electron chi connectivity index (χ3n) is 4.45. The highest BCUT2D eigenvalue weighted by molar-refractivity contribution is 7.99. The van der Waals surface area contributed by atoms with Crippen LogP contribution in [0, 0.1) is 0 Å². The molecule has 3 aromatic heterocycles. The van der Waals surface area contributed by atoms with Gasteiger partial charge in [0.05, 0.1) is 11.9 Å². The number of amides is 3. The molecule has 1 aliphatic rings. The zero-order valence-corrected chi connectivity index (χ0v) is 17.9. The SMILES string of the molecule is C=CCn1c(SCCCN2C(=O)CNC2=O)nc2scc(-c3cccs3)c2c1=O. The van der Waals surface area contributed by atoms with Gasteiger partial charge in [-0.15, -0.1) is 29.3 Å². The standard InChI is InChI=1S/C19H18N4O3S3/c1-2-6-23-17(25)15-12(13-5-3-8-27-13)11-29-16(15)21-19(23)28-9-4-7-22-14(24)10-20-18(22)26/h2-3,5,8,11H,1,4,6-7,9-10H2,(H,20,26). The molecule has 0 spiro atoms. The second-order valence-electron chi connectivity index (χ2n) is 6.31. The van der Waals surface area contributed by atoms with Crippen LogP contribution in [0.2, 0.25) is 0 Å². The van der Waals surface area contributed by atoms with E-state index >= 15 is 0 Å². The fraction of sp³-hybridized carbons (Fsp3) is 0.263. The molecular formula is C19H18N4O3S3. The van der Waals surface area contributed by atoms with Crippen LogP contribution < -0.4 is 10.9 Å². The molecule has 10 heteroatoms. The van der Waals surface area contributed by atoms with Crippen molar-refractivity contribution in [3.63, 3.8) is 0 Å². The molecule has 4 heterocycles. The summed E-state index contributed by atoms with van der Waals surface area (Å²) >= 11 is 4.51. The molecule has 0 bridgehead atoms. The Morgan fingerprint density at radius 2 is 2.17 bits per heavy atom. The number of thioether (sulfide) groups is 1. The lowest BCUT2D eigenvalue weighted by molar-refractivity contribution is -0.124. The van der Waals surface area contributed by atoms with Gasteiger partial charge in [-0.25, -0.2) is 9.78 Å². The number of imide groups is 1. The van der Waals surface area contributed by atoms with Crippen molar-refractivity contribution in [3.05, 3.63) is 45.9 Å². The Kier molecular flexibility index (Phi) is 5.84. The van der Waals surface area contributed by atoms with Gasteiger partial charge in [0, 0.05) is 34.7 Å². The molecule has 1 saturated heterocycles. The Hall–Kier alpha value is -2.43. The van der Waals surface area contributed by atoms with Gasteiger partial charge in [-0.1, -0.05) is 23.9 Å². The van der Waals surface area contributed by atoms with Gasteiger partial charge in [-0.05, 0) is 17.9 Å². The number of carbonyl (C=O) groups is 2. The van der Waals surface area contributed by atoms with E-state index in [0.717, 1.165) is 15.3 Å². The average Bonchev–Trinajstić information content (AvgIpc) is 3.43. The smallest absolute Gasteiger partial charge is 0.324 e. The van der Waals surface area contributed by atoms with E-state index in [4.69, 9.17) is 4.98 Å². The summed E-state index contributed by atoms with van der Waals surface area (Å²) in [6, 6.07) is 3.62. The van der Waals surface area contributed by atoms with Crippen LogP contribution in [-0.4, -0.2) is 45.2 Å². The van der Waals surface area contributed by atoms with E-state index in [2.05, 4.69) is 11.9 Å². The van der Waals surface area contributed by atoms with E-state index in [1.165, 1.54) is 28.0 Å². The molecule has 150 valence electrons. The van der Waals surface area contributed by atoms with Crippen molar-refractivity contribution < 1.29 is 9.59 Å². The molecule has 0 saturated carbocycles. The van der Waals surface area contributed by atoms with Crippen LogP contribution in [-0.2, 0) is 11.3 Å². The summed E-state index contributed by atoms with van der Waals surface area (Å²) in [5.41, 5.74) is 0.849. The first-order valence-electron chi connectivity index (χ1n) is 8.98. The second kappa shape index (κ2) is 8.52. The number of rotatable bonds is 8. The molecule has 7 nitrogen and oxygen atoms in total. The maximum absolute atomic E-state index is 13.2. The summed E-state index contributed by atoms with van der Waals surface area (Å²) in [6.45, 7) is 4.55. The minimum atomic E-state index is -0.345. The number of aromatic nitrogens is 2. The van der Waals surface area contributed by atoms with E-state index < -0.39 is 0 Å². The van der Waals surface area contributed by atoms with E-state index in [0.29, 0.717) is 35.8 Å². The highest BCUT2D eigenvalue weighted by Crippen LogP contribution is 2.34. The van der Waals surface area contributed by atoms with Gasteiger partial charge in [0.15, 0.2) is 5.16 Å². The predicted octanol–water partition coefficient (Wildman–Crippen LogP) is 3.41. The van der Waals surface area contributed by atoms with Crippen LogP contribution in [0.3, 0.4) is 0 Å². The van der Waals surface area contributed by atoms with Crippen LogP contribution in [0.25, 0.3) is 20.7 Å². The van der Waals surface area contributed by atoms with E-state index in [-0.39, 0.29) is 24.0 Å². The number of nitrogens with one attached hydrogen (secondary N) is 1. The number of urea groups is 1. The monoisotopic (exact) mass is 446 g/mol. The minimum Gasteiger partial charge on any atom is -0.329 e. The molecule has 0 unspecified atom stereocenters. The minimum absolute atomic E-state index is 0.0635. The maximum Gasteiger partial charge on any atom is 0.324 e. The molecule has 3 amide bonds. The fourth-order valence-electron chi connectivity index (χ4n) is 3.09. The van der Waals surface area contributed by atoms with Crippen molar-refractivity contribution in [2.45, 2.75) is 18.1 Å². The zero-order valence-electron chi connectivity index (χ0n) is 15.4. The molecular weight excluding hydrogens is 428 g/mol. The summed E-state index contributed by atoms with van der Waals surface area (Å²) in [7, 11) is 0. The lowest BCUT2D eigenvalue weighted by Crippen LogP contribution is -2.32. The summed E-state index contributed by atoms with van der Waals surface area (Å²) in [4.78, 5) is 44.2. The largest absolute Gasteiger partial charge is 0.329 e. The van der Waals surface area contributed by atoms with Gasteiger partial charge < -0.3 is 5.32 Å². The molecule has 0 aliphatic carbocycles. The highest BCUT2D eigenvalue weighted by atomic mass is 32.2. The second-order valence-corrected chi connectivity index (χ2v) is 9.18. The van der Waals surface area contributed by atoms with Crippen molar-refractivity contribution in [2.24, 2.45) is 0 Å². The first-order chi connectivity index (χ1) is 14.1. The van der Waals surface area contributed by atoms with E-state index in [1.807, 2.05) is 22.9 Å². The molecule has 0 aromatic carbocycles. The first-order valence-corrected chi connectivity index (χ1v) is 11.7. The van der Waals surface area contributed by atoms with Crippen molar-refractivity contribution in [3.8, 4) is 10.4 Å². The van der Waals surface area contributed by atoms with Gasteiger partial charge in [0.2, 0.25) is 5.91 Å². The Bertz CT molecular complexity index is 1120. The average molecular weight is 447 g/mol. The molecule has 0 atom stereocenters. The van der Waals surface area contributed by atoms with Gasteiger partial charge in [0.1, 0.15) is 4.83 Å². The number of hydrogen-bond acceptors (Lipinski definition) is 7. The lowest BCUT2D eigenvalue weighted by atomic mass is 10.2. The van der Waals surface area contributed by atoms with E-state index in [9.17, 15) is 14.4 Å². The van der Waals surface area contributed by atoms with Gasteiger partial charge in [-0.2, -0.15) is 0 Å². The van der Waals surface area contributed by atoms with Crippen molar-refractivity contribution in [1.29, 1.82) is 0 Å². The van der Waals surface area contributed by atoms with Gasteiger partial charge in [-0.3, -0.25) is 19.1 Å². The third-order valence-corrected chi connectivity index (χ3v) is 7.29. The predicted molar refractivity (Wildman–Crippen MR) is 118 cm³/mol. The molecule has 1 fully saturated rings. The van der Waals surface area contributed by atoms with Crippen LogP contribution >= 0.6 is 34.4 Å². The van der Waals surface area contributed by atoms with Crippen LogP contribution in [0.5, 0.6) is 0 Å². The number of fused-ring (bicyclic) bond motifs is 1. The summed E-state index contributed by atoms with van der Waals surface area (Å²) in [6.07, 6.45) is 2.31. The zero-order chi connectivity index (χ0) is 20.4. The molecule has 1 aliphatic heterocycles. The molecule has 29 heavy (non-hydrogen) atoms. The number of nitrogens with zero attached hydrogens (tertiary/aromatic N) is 3. The molecule has 3 aromatic rings. The van der Waals surface area contributed by atoms with E-state index in [1.54, 1.807) is 22.0 Å². The summed E-state index contributed by atoms with van der Waals surface area (Å²) < 4.78 is 1.64. The topological polar surface area (TPSA) is 84.3 Å². The summed E-state index contributed by atoms with van der Waals surface area (Å²) in [5.74, 6) is 0.428. The van der Waals surface area contributed by atoms with Crippen molar-refractivity contribution in [2.75, 3.05) is 18.8 Å². The van der Waals surface area contributed by atoms with Gasteiger partial charge >= 0.3 is 6.03 Å². The number of hydrogen-bond donors (Lipinski definition) is 1. The Morgan fingerprint density at radius 1 is 1.31 bits per heavy atom. The van der Waals surface area contributed by atoms with Crippen LogP contribution in [0.1, 0.15) is 6.42 Å². The maximum atomic E-state index is 13.2. The molecule has 4 rings (SSSR count). The number of carbonyl (C=O) groups excluding carboxylic acids is 2. The Morgan fingerprint density at radius 3 is 2.86 bits per heavy atom. The van der Waals surface area contributed by atoms with Gasteiger partial charge in [0.25, 0.3) is 5.56 Å². The lowest BCUT2D eigenvalue weighted by Gasteiger charge is -2.13. The molecule has 0 radical (unpaired) electrons. The van der Waals surface area contributed by atoms with Crippen molar-refractivity contribution in [1.82, 2.24) is 19.8 Å². The first kappa shape index (κ1) is 19.9. The molecule has 1 N–H and O–H groups in total. The Balaban J connectivity index is 1.56. The van der Waals surface area contributed by atoms with Crippen molar-refractivity contribution >= 4 is 56.6 Å². The normalized spacial score (nSPS) is 14.0. The third kappa shape index (κ3) is 3.87. The quantitative estimate of drug-likeness (QED) is 0.188. The fourth-order valence-corrected chi connectivity index (χ4v) is 5.82.